The number of ether oxygens (including phenoxy) is 1. The van der Waals surface area contributed by atoms with Gasteiger partial charge < -0.3 is 28.7 Å². The van der Waals surface area contributed by atoms with Crippen LogP contribution in [-0.2, 0) is 29.6 Å². The third-order valence-electron chi connectivity index (χ3n) is 4.41. The monoisotopic (exact) mass is 491 g/mol. The number of carbonyl (C=O) groups excluding carboxylic acids is 2. The van der Waals surface area contributed by atoms with Crippen LogP contribution >= 0.6 is 8.60 Å². The van der Waals surface area contributed by atoms with E-state index in [-0.39, 0.29) is 30.7 Å². The van der Waals surface area contributed by atoms with Crippen LogP contribution in [0.2, 0.25) is 0 Å². The molecule has 1 amide bonds. The molecule has 10 heteroatoms. The van der Waals surface area contributed by atoms with E-state index in [9.17, 15) is 14.4 Å². The number of amides is 1. The standard InChI is InChI=1S/C24H30NO8P/c1-3-30-34(31-4-2)32-17-16-18-12-14-19(15-13-18)33-24(29)20-8-5-6-9-21(20)25-22(26)10-7-11-23(27)28/h5-6,8-9,12-15H,3-4,7,10-11,16-17H2,1-2H3,(H,25,26)(H,27,28). The molecule has 2 N–H and O–H groups in total. The molecule has 0 bridgehead atoms. The maximum Gasteiger partial charge on any atom is 0.345 e. The van der Waals surface area contributed by atoms with E-state index in [1.54, 1.807) is 36.4 Å². The number of carboxylic acid groups (broad SMARTS) is 1. The quantitative estimate of drug-likeness (QED) is 0.204. The molecule has 0 heterocycles. The fraction of sp³-hybridized carbons (Fsp3) is 0.375. The van der Waals surface area contributed by atoms with Gasteiger partial charge in [-0.05, 0) is 56.5 Å². The predicted molar refractivity (Wildman–Crippen MR) is 128 cm³/mol. The molecular weight excluding hydrogens is 461 g/mol. The molecule has 0 atom stereocenters. The van der Waals surface area contributed by atoms with Crippen molar-refractivity contribution < 1.29 is 37.8 Å². The Hall–Kier alpha value is -2.84. The molecule has 2 aromatic carbocycles. The average Bonchev–Trinajstić information content (AvgIpc) is 2.80. The van der Waals surface area contributed by atoms with Gasteiger partial charge in [0, 0.05) is 12.8 Å². The van der Waals surface area contributed by atoms with Crippen molar-refractivity contribution >= 4 is 32.1 Å². The van der Waals surface area contributed by atoms with Gasteiger partial charge in [0.2, 0.25) is 5.91 Å². The maximum absolute atomic E-state index is 12.7. The summed E-state index contributed by atoms with van der Waals surface area (Å²) in [6.45, 7) is 5.23. The number of nitrogens with one attached hydrogen (secondary N) is 1. The van der Waals surface area contributed by atoms with Gasteiger partial charge in [0.1, 0.15) is 5.75 Å². The molecule has 0 saturated heterocycles. The smallest absolute Gasteiger partial charge is 0.345 e. The summed E-state index contributed by atoms with van der Waals surface area (Å²) in [6.07, 6.45) is 0.797. The minimum Gasteiger partial charge on any atom is -0.481 e. The summed E-state index contributed by atoms with van der Waals surface area (Å²) in [5, 5.41) is 11.3. The van der Waals surface area contributed by atoms with E-state index in [0.717, 1.165) is 5.56 Å². The molecular formula is C24H30NO8P. The Bertz CT molecular complexity index is 929. The van der Waals surface area contributed by atoms with Crippen LogP contribution < -0.4 is 10.1 Å². The number of rotatable bonds is 15. The van der Waals surface area contributed by atoms with E-state index in [1.165, 1.54) is 0 Å². The molecule has 9 nitrogen and oxygen atoms in total. The summed E-state index contributed by atoms with van der Waals surface area (Å²) in [5.41, 5.74) is 1.50. The molecule has 184 valence electrons. The second kappa shape index (κ2) is 15.1. The molecule has 34 heavy (non-hydrogen) atoms. The second-order valence-corrected chi connectivity index (χ2v) is 8.24. The Labute approximate surface area is 200 Å². The van der Waals surface area contributed by atoms with Gasteiger partial charge in [0.25, 0.3) is 0 Å². The number of aliphatic carboxylic acids is 1. The summed E-state index contributed by atoms with van der Waals surface area (Å²) in [5.74, 6) is -1.58. The molecule has 0 aliphatic heterocycles. The molecule has 2 rings (SSSR count). The summed E-state index contributed by atoms with van der Waals surface area (Å²) in [7, 11) is -1.34. The lowest BCUT2D eigenvalue weighted by molar-refractivity contribution is -0.137. The van der Waals surface area contributed by atoms with Gasteiger partial charge in [-0.25, -0.2) is 4.79 Å². The lowest BCUT2D eigenvalue weighted by atomic mass is 10.1. The first-order valence-corrected chi connectivity index (χ1v) is 12.1. The van der Waals surface area contributed by atoms with Gasteiger partial charge in [0.15, 0.2) is 0 Å². The summed E-state index contributed by atoms with van der Waals surface area (Å²) in [6, 6.07) is 13.5. The van der Waals surface area contributed by atoms with E-state index >= 15 is 0 Å². The topological polar surface area (TPSA) is 120 Å². The van der Waals surface area contributed by atoms with E-state index < -0.39 is 20.5 Å². The molecule has 0 aliphatic rings. The van der Waals surface area contributed by atoms with Crippen molar-refractivity contribution in [3.8, 4) is 5.75 Å². The number of para-hydroxylation sites is 1. The highest BCUT2D eigenvalue weighted by Crippen LogP contribution is 2.39. The summed E-state index contributed by atoms with van der Waals surface area (Å²) < 4.78 is 21.9. The lowest BCUT2D eigenvalue weighted by Crippen LogP contribution is -2.17. The van der Waals surface area contributed by atoms with Gasteiger partial charge >= 0.3 is 20.5 Å². The van der Waals surface area contributed by atoms with Crippen LogP contribution in [0.5, 0.6) is 5.75 Å². The lowest BCUT2D eigenvalue weighted by Gasteiger charge is -2.14. The molecule has 0 saturated carbocycles. The van der Waals surface area contributed by atoms with Gasteiger partial charge in [-0.15, -0.1) is 0 Å². The van der Waals surface area contributed by atoms with Crippen molar-refractivity contribution in [1.82, 2.24) is 0 Å². The highest BCUT2D eigenvalue weighted by Gasteiger charge is 2.16. The zero-order valence-electron chi connectivity index (χ0n) is 19.3. The Morgan fingerprint density at radius 1 is 0.912 bits per heavy atom. The third-order valence-corrected chi connectivity index (χ3v) is 5.74. The van der Waals surface area contributed by atoms with Crippen molar-refractivity contribution in [2.75, 3.05) is 25.1 Å². The zero-order chi connectivity index (χ0) is 24.8. The number of carboxylic acids is 1. The average molecular weight is 491 g/mol. The molecule has 0 aromatic heterocycles. The van der Waals surface area contributed by atoms with Crippen molar-refractivity contribution in [2.24, 2.45) is 0 Å². The van der Waals surface area contributed by atoms with Crippen molar-refractivity contribution in [3.63, 3.8) is 0 Å². The van der Waals surface area contributed by atoms with E-state index in [4.69, 9.17) is 23.4 Å². The molecule has 0 spiro atoms. The Morgan fingerprint density at radius 3 is 2.24 bits per heavy atom. The van der Waals surface area contributed by atoms with Crippen LogP contribution in [0.4, 0.5) is 5.69 Å². The summed E-state index contributed by atoms with van der Waals surface area (Å²) >= 11 is 0. The zero-order valence-corrected chi connectivity index (χ0v) is 20.2. The number of carbonyl (C=O) groups is 3. The number of anilines is 1. The Balaban J connectivity index is 1.90. The van der Waals surface area contributed by atoms with Crippen LogP contribution in [0.15, 0.2) is 48.5 Å². The van der Waals surface area contributed by atoms with Crippen molar-refractivity contribution in [2.45, 2.75) is 39.5 Å². The van der Waals surface area contributed by atoms with Crippen LogP contribution in [0.3, 0.4) is 0 Å². The predicted octanol–water partition coefficient (Wildman–Crippen LogP) is 4.96. The highest BCUT2D eigenvalue weighted by atomic mass is 31.2. The fourth-order valence-electron chi connectivity index (χ4n) is 2.83. The SMILES string of the molecule is CCOP(OCC)OCCc1ccc(OC(=O)c2ccccc2NC(=O)CCCC(=O)O)cc1. The fourth-order valence-corrected chi connectivity index (χ4v) is 3.72. The van der Waals surface area contributed by atoms with Crippen LogP contribution in [0, 0.1) is 0 Å². The number of esters is 1. The van der Waals surface area contributed by atoms with Crippen molar-refractivity contribution in [3.05, 3.63) is 59.7 Å². The van der Waals surface area contributed by atoms with Gasteiger partial charge in [0.05, 0.1) is 31.1 Å². The van der Waals surface area contributed by atoms with Crippen LogP contribution in [-0.4, -0.2) is 42.8 Å². The number of hydrogen-bond acceptors (Lipinski definition) is 7. The molecule has 0 fully saturated rings. The minimum absolute atomic E-state index is 0.0396. The van der Waals surface area contributed by atoms with Gasteiger partial charge in [-0.1, -0.05) is 24.3 Å². The molecule has 2 aromatic rings. The second-order valence-electron chi connectivity index (χ2n) is 7.02. The largest absolute Gasteiger partial charge is 0.481 e. The Morgan fingerprint density at radius 2 is 1.59 bits per heavy atom. The van der Waals surface area contributed by atoms with Crippen molar-refractivity contribution in [1.29, 1.82) is 0 Å². The third kappa shape index (κ3) is 9.97. The first-order chi connectivity index (χ1) is 16.4. The normalized spacial score (nSPS) is 10.8. The van der Waals surface area contributed by atoms with Gasteiger partial charge in [-0.2, -0.15) is 0 Å². The minimum atomic E-state index is -1.34. The maximum atomic E-state index is 12.7. The molecule has 0 unspecified atom stereocenters. The van der Waals surface area contributed by atoms with E-state index in [0.29, 0.717) is 37.7 Å². The Kier molecular flexibility index (Phi) is 12.2. The number of benzene rings is 2. The first-order valence-electron chi connectivity index (χ1n) is 11.0. The van der Waals surface area contributed by atoms with E-state index in [2.05, 4.69) is 5.32 Å². The molecule has 0 radical (unpaired) electrons. The molecule has 0 aliphatic carbocycles. The number of hydrogen-bond donors (Lipinski definition) is 2. The summed E-state index contributed by atoms with van der Waals surface area (Å²) in [4.78, 5) is 35.4. The van der Waals surface area contributed by atoms with E-state index in [1.807, 2.05) is 26.0 Å². The highest BCUT2D eigenvalue weighted by molar-refractivity contribution is 7.41. The first kappa shape index (κ1) is 27.4. The van der Waals surface area contributed by atoms with Crippen LogP contribution in [0.25, 0.3) is 0 Å². The van der Waals surface area contributed by atoms with Gasteiger partial charge in [-0.3, -0.25) is 9.59 Å². The van der Waals surface area contributed by atoms with Crippen LogP contribution in [0.1, 0.15) is 49.0 Å².